The molecule has 2 N–H and O–H groups in total. The molecule has 0 fully saturated rings. The third-order valence-electron chi connectivity index (χ3n) is 6.65. The number of hydrogen-bond acceptors (Lipinski definition) is 10. The van der Waals surface area contributed by atoms with Crippen molar-refractivity contribution in [3.63, 3.8) is 0 Å². The molecule has 5 aromatic carbocycles. The first-order valence-electron chi connectivity index (χ1n) is 13.3. The van der Waals surface area contributed by atoms with Gasteiger partial charge in [0.25, 0.3) is 0 Å². The van der Waals surface area contributed by atoms with Gasteiger partial charge in [-0.3, -0.25) is 0 Å². The number of hydrogen-bond donors (Lipinski definition) is 2. The fraction of sp³-hybridized carbons (Fsp3) is 0. The molecule has 0 saturated carbocycles. The highest BCUT2D eigenvalue weighted by Crippen LogP contribution is 2.29. The van der Waals surface area contributed by atoms with Gasteiger partial charge in [0.1, 0.15) is 56.4 Å². The molecule has 0 radical (unpaired) electrons. The lowest BCUT2D eigenvalue weighted by Crippen LogP contribution is -2.12. The van der Waals surface area contributed by atoms with Crippen LogP contribution < -0.4 is 9.47 Å². The highest BCUT2D eigenvalue weighted by atomic mass is 16.5. The Balaban J connectivity index is 1.04. The molecule has 214 valence electrons. The Morgan fingerprint density at radius 2 is 0.886 bits per heavy atom. The van der Waals surface area contributed by atoms with Crippen LogP contribution in [0.1, 0.15) is 20.7 Å². The molecule has 0 saturated heterocycles. The van der Waals surface area contributed by atoms with Crippen LogP contribution in [0.4, 0.5) is 0 Å². The van der Waals surface area contributed by atoms with E-state index >= 15 is 0 Å². The Morgan fingerprint density at radius 1 is 0.500 bits per heavy atom. The molecule has 0 aliphatic carbocycles. The number of phenolic OH excluding ortho intramolecular Hbond substituents is 2. The molecule has 0 atom stereocenters. The minimum absolute atomic E-state index is 0.0797. The Hall–Kier alpha value is -6.56. The largest absolute Gasteiger partial charge is 0.505 e. The summed E-state index contributed by atoms with van der Waals surface area (Å²) >= 11 is 0. The normalized spacial score (nSPS) is 11.1. The van der Waals surface area contributed by atoms with E-state index in [4.69, 9.17) is 9.47 Å². The second-order valence-corrected chi connectivity index (χ2v) is 9.62. The summed E-state index contributed by atoms with van der Waals surface area (Å²) in [6.07, 6.45) is 0. The van der Waals surface area contributed by atoms with Crippen molar-refractivity contribution in [3.8, 4) is 34.4 Å². The maximum Gasteiger partial charge on any atom is 0.343 e. The number of carbonyl (C=O) groups excluding carboxylic acids is 2. The van der Waals surface area contributed by atoms with Gasteiger partial charge in [0, 0.05) is 12.1 Å². The monoisotopic (exact) mass is 584 g/mol. The SMILES string of the molecule is O=C(Oc1ccc(-n2nc3ccccc3n2)c(O)c1)c1cccc(C(=O)Oc2ccc(-n3nc4ccccc4n3)c(O)c2)c1. The number of aromatic nitrogens is 6. The molecule has 44 heavy (non-hydrogen) atoms. The predicted molar refractivity (Wildman–Crippen MR) is 157 cm³/mol. The summed E-state index contributed by atoms with van der Waals surface area (Å²) in [6.45, 7) is 0. The summed E-state index contributed by atoms with van der Waals surface area (Å²) in [5, 5.41) is 38.5. The smallest absolute Gasteiger partial charge is 0.343 e. The Bertz CT molecular complexity index is 2000. The number of ether oxygens (including phenoxy) is 2. The van der Waals surface area contributed by atoms with Gasteiger partial charge >= 0.3 is 11.9 Å². The minimum atomic E-state index is -0.754. The van der Waals surface area contributed by atoms with Crippen molar-refractivity contribution >= 4 is 34.0 Å². The van der Waals surface area contributed by atoms with Crippen LogP contribution in [0.5, 0.6) is 23.0 Å². The van der Waals surface area contributed by atoms with E-state index in [2.05, 4.69) is 20.4 Å². The minimum Gasteiger partial charge on any atom is -0.505 e. The van der Waals surface area contributed by atoms with Crippen LogP contribution in [0.2, 0.25) is 0 Å². The van der Waals surface area contributed by atoms with Crippen molar-refractivity contribution in [1.29, 1.82) is 0 Å². The molecule has 0 unspecified atom stereocenters. The number of aromatic hydroxyl groups is 2. The van der Waals surface area contributed by atoms with Crippen LogP contribution in [-0.4, -0.2) is 52.1 Å². The van der Waals surface area contributed by atoms with E-state index in [1.54, 1.807) is 24.3 Å². The predicted octanol–water partition coefficient (Wildman–Crippen LogP) is 5.00. The number of benzene rings is 5. The summed E-state index contributed by atoms with van der Waals surface area (Å²) in [4.78, 5) is 28.4. The number of esters is 2. The molecular formula is C32H20N6O6. The van der Waals surface area contributed by atoms with E-state index in [1.165, 1.54) is 70.3 Å². The summed E-state index contributed by atoms with van der Waals surface area (Å²) in [5.74, 6) is -1.74. The van der Waals surface area contributed by atoms with Gasteiger partial charge in [0.05, 0.1) is 11.1 Å². The lowest BCUT2D eigenvalue weighted by atomic mass is 10.1. The number of rotatable bonds is 6. The van der Waals surface area contributed by atoms with E-state index in [1.807, 2.05) is 24.3 Å². The van der Waals surface area contributed by atoms with Crippen molar-refractivity contribution in [2.45, 2.75) is 0 Å². The molecule has 12 heteroatoms. The zero-order valence-electron chi connectivity index (χ0n) is 22.6. The highest BCUT2D eigenvalue weighted by molar-refractivity contribution is 5.96. The Kier molecular flexibility index (Phi) is 6.40. The molecule has 2 heterocycles. The van der Waals surface area contributed by atoms with Gasteiger partial charge in [-0.15, -0.1) is 30.0 Å². The van der Waals surface area contributed by atoms with Crippen molar-refractivity contribution in [3.05, 3.63) is 120 Å². The molecule has 12 nitrogen and oxygen atoms in total. The third-order valence-corrected chi connectivity index (χ3v) is 6.65. The zero-order chi connectivity index (χ0) is 30.2. The second-order valence-electron chi connectivity index (χ2n) is 9.62. The Morgan fingerprint density at radius 3 is 1.25 bits per heavy atom. The number of phenols is 2. The number of nitrogens with zero attached hydrogens (tertiary/aromatic N) is 6. The van der Waals surface area contributed by atoms with Crippen molar-refractivity contribution in [2.24, 2.45) is 0 Å². The maximum absolute atomic E-state index is 12.9. The summed E-state index contributed by atoms with van der Waals surface area (Å²) in [5.41, 5.74) is 3.42. The first-order chi connectivity index (χ1) is 21.4. The molecule has 7 aromatic rings. The van der Waals surface area contributed by atoms with Gasteiger partial charge in [-0.05, 0) is 66.7 Å². The van der Waals surface area contributed by atoms with E-state index < -0.39 is 11.9 Å². The van der Waals surface area contributed by atoms with Crippen LogP contribution in [-0.2, 0) is 0 Å². The second kappa shape index (κ2) is 10.7. The van der Waals surface area contributed by atoms with E-state index in [0.717, 1.165) is 0 Å². The molecule has 0 aliphatic heterocycles. The summed E-state index contributed by atoms with van der Waals surface area (Å²) < 4.78 is 10.9. The molecule has 2 aromatic heterocycles. The number of fused-ring (bicyclic) bond motifs is 2. The lowest BCUT2D eigenvalue weighted by Gasteiger charge is -2.09. The van der Waals surface area contributed by atoms with E-state index in [0.29, 0.717) is 33.4 Å². The maximum atomic E-state index is 12.9. The standard InChI is InChI=1S/C32H20N6O6/c39-29-17-21(12-14-27(29)37-33-23-8-1-2-9-24(23)34-37)43-31(41)19-6-5-7-20(16-19)32(42)44-22-13-15-28(30(40)18-22)38-35-25-10-3-4-11-26(25)36-38/h1-18,39-40H. The average molecular weight is 585 g/mol. The fourth-order valence-corrected chi connectivity index (χ4v) is 4.51. The zero-order valence-corrected chi connectivity index (χ0v) is 22.6. The number of carbonyl (C=O) groups is 2. The fourth-order valence-electron chi connectivity index (χ4n) is 4.51. The van der Waals surface area contributed by atoms with Gasteiger partial charge in [0.2, 0.25) is 0 Å². The van der Waals surface area contributed by atoms with Gasteiger partial charge in [-0.2, -0.15) is 0 Å². The van der Waals surface area contributed by atoms with Crippen LogP contribution in [0, 0.1) is 0 Å². The van der Waals surface area contributed by atoms with Crippen LogP contribution >= 0.6 is 0 Å². The molecule has 0 spiro atoms. The molecule has 7 rings (SSSR count). The first-order valence-corrected chi connectivity index (χ1v) is 13.3. The van der Waals surface area contributed by atoms with Gasteiger partial charge in [-0.25, -0.2) is 9.59 Å². The quantitative estimate of drug-likeness (QED) is 0.201. The molecule has 0 aliphatic rings. The third kappa shape index (κ3) is 5.03. The average Bonchev–Trinajstić information content (AvgIpc) is 3.66. The van der Waals surface area contributed by atoms with Crippen molar-refractivity contribution in [2.75, 3.05) is 0 Å². The van der Waals surface area contributed by atoms with Crippen LogP contribution in [0.3, 0.4) is 0 Å². The molecular weight excluding hydrogens is 564 g/mol. The lowest BCUT2D eigenvalue weighted by molar-refractivity contribution is 0.0734. The summed E-state index contributed by atoms with van der Waals surface area (Å²) in [6, 6.07) is 28.9. The van der Waals surface area contributed by atoms with E-state index in [-0.39, 0.29) is 34.1 Å². The van der Waals surface area contributed by atoms with Crippen molar-refractivity contribution < 1.29 is 29.3 Å². The Labute approximate surface area is 247 Å². The topological polar surface area (TPSA) is 154 Å². The molecule has 0 bridgehead atoms. The first kappa shape index (κ1) is 26.3. The van der Waals surface area contributed by atoms with Gasteiger partial charge in [0.15, 0.2) is 0 Å². The van der Waals surface area contributed by atoms with Gasteiger partial charge < -0.3 is 19.7 Å². The highest BCUT2D eigenvalue weighted by Gasteiger charge is 2.17. The van der Waals surface area contributed by atoms with Gasteiger partial charge in [-0.1, -0.05) is 30.3 Å². The molecule has 0 amide bonds. The van der Waals surface area contributed by atoms with Crippen LogP contribution in [0.15, 0.2) is 109 Å². The van der Waals surface area contributed by atoms with Crippen LogP contribution in [0.25, 0.3) is 33.4 Å². The van der Waals surface area contributed by atoms with Crippen molar-refractivity contribution in [1.82, 2.24) is 30.0 Å². The van der Waals surface area contributed by atoms with E-state index in [9.17, 15) is 19.8 Å². The summed E-state index contributed by atoms with van der Waals surface area (Å²) in [7, 11) is 0.